The van der Waals surface area contributed by atoms with E-state index in [4.69, 9.17) is 4.74 Å². The van der Waals surface area contributed by atoms with Gasteiger partial charge >= 0.3 is 0 Å². The number of carbonyl (C=O) groups is 3. The minimum absolute atomic E-state index is 0.0548. The number of methoxy groups -OCH3 is 1. The lowest BCUT2D eigenvalue weighted by Gasteiger charge is -2.09. The number of carbonyl (C=O) groups excluding carboxylic acids is 3. The van der Waals surface area contributed by atoms with Gasteiger partial charge in [0.1, 0.15) is 5.75 Å². The zero-order chi connectivity index (χ0) is 19.6. The first-order chi connectivity index (χ1) is 13.0. The van der Waals surface area contributed by atoms with Crippen molar-refractivity contribution in [3.8, 4) is 5.75 Å². The molecule has 0 atom stereocenters. The summed E-state index contributed by atoms with van der Waals surface area (Å²) in [6, 6.07) is 12.9. The highest BCUT2D eigenvalue weighted by molar-refractivity contribution is 5.99. The number of rotatable bonds is 7. The molecular weight excluding hydrogens is 346 g/mol. The van der Waals surface area contributed by atoms with Gasteiger partial charge in [-0.3, -0.25) is 25.2 Å². The number of nitrogens with one attached hydrogen (secondary N) is 3. The average molecular weight is 369 g/mol. The standard InChI is InChI=1S/C20H23N3O4/c1-3-4-5-18(24)21-16-10-6-14(7-11-16)19(25)22-23-20(26)15-8-12-17(27-2)13-9-15/h6-13H,3-5H2,1-2H3,(H,21,24)(H,22,25)(H,23,26). The molecule has 0 fully saturated rings. The number of hydrogen-bond acceptors (Lipinski definition) is 4. The smallest absolute Gasteiger partial charge is 0.269 e. The molecule has 3 amide bonds. The van der Waals surface area contributed by atoms with E-state index in [1.54, 1.807) is 48.5 Å². The summed E-state index contributed by atoms with van der Waals surface area (Å²) in [5, 5.41) is 2.77. The Morgan fingerprint density at radius 3 is 1.85 bits per heavy atom. The van der Waals surface area contributed by atoms with Gasteiger partial charge in [-0.05, 0) is 55.0 Å². The molecule has 0 heterocycles. The third-order valence-electron chi connectivity index (χ3n) is 3.83. The largest absolute Gasteiger partial charge is 0.497 e. The lowest BCUT2D eigenvalue weighted by molar-refractivity contribution is -0.116. The van der Waals surface area contributed by atoms with Gasteiger partial charge in [0.15, 0.2) is 0 Å². The molecule has 3 N–H and O–H groups in total. The minimum atomic E-state index is -0.458. The first-order valence-electron chi connectivity index (χ1n) is 8.68. The summed E-state index contributed by atoms with van der Waals surface area (Å²) >= 11 is 0. The van der Waals surface area contributed by atoms with Gasteiger partial charge in [0, 0.05) is 23.2 Å². The van der Waals surface area contributed by atoms with Crippen LogP contribution in [0.4, 0.5) is 5.69 Å². The van der Waals surface area contributed by atoms with Crippen LogP contribution in [-0.2, 0) is 4.79 Å². The Hall–Kier alpha value is -3.35. The first-order valence-corrected chi connectivity index (χ1v) is 8.68. The zero-order valence-corrected chi connectivity index (χ0v) is 15.4. The predicted molar refractivity (Wildman–Crippen MR) is 103 cm³/mol. The lowest BCUT2D eigenvalue weighted by atomic mass is 10.2. The number of benzene rings is 2. The summed E-state index contributed by atoms with van der Waals surface area (Å²) in [4.78, 5) is 35.8. The van der Waals surface area contributed by atoms with Gasteiger partial charge in [-0.2, -0.15) is 0 Å². The number of hydrogen-bond donors (Lipinski definition) is 3. The van der Waals surface area contributed by atoms with Gasteiger partial charge in [-0.15, -0.1) is 0 Å². The fourth-order valence-electron chi connectivity index (χ4n) is 2.27. The monoisotopic (exact) mass is 369 g/mol. The summed E-state index contributed by atoms with van der Waals surface area (Å²) in [7, 11) is 1.54. The Balaban J connectivity index is 1.86. The number of ether oxygens (including phenoxy) is 1. The topological polar surface area (TPSA) is 96.5 Å². The molecule has 7 heteroatoms. The van der Waals surface area contributed by atoms with E-state index in [1.807, 2.05) is 6.92 Å². The molecule has 2 rings (SSSR count). The summed E-state index contributed by atoms with van der Waals surface area (Å²) in [6.07, 6.45) is 2.26. The highest BCUT2D eigenvalue weighted by Crippen LogP contribution is 2.12. The van der Waals surface area contributed by atoms with Crippen molar-refractivity contribution in [1.29, 1.82) is 0 Å². The molecule has 7 nitrogen and oxygen atoms in total. The Morgan fingerprint density at radius 2 is 1.37 bits per heavy atom. The van der Waals surface area contributed by atoms with Gasteiger partial charge in [0.05, 0.1) is 7.11 Å². The van der Waals surface area contributed by atoms with E-state index in [0.717, 1.165) is 12.8 Å². The molecule has 0 unspecified atom stereocenters. The van der Waals surface area contributed by atoms with Gasteiger partial charge < -0.3 is 10.1 Å². The maximum Gasteiger partial charge on any atom is 0.269 e. The van der Waals surface area contributed by atoms with Crippen molar-refractivity contribution in [2.75, 3.05) is 12.4 Å². The highest BCUT2D eigenvalue weighted by Gasteiger charge is 2.10. The van der Waals surface area contributed by atoms with Crippen molar-refractivity contribution in [3.63, 3.8) is 0 Å². The van der Waals surface area contributed by atoms with Gasteiger partial charge in [-0.25, -0.2) is 0 Å². The maximum atomic E-state index is 12.1. The van der Waals surface area contributed by atoms with Gasteiger partial charge in [0.2, 0.25) is 5.91 Å². The fraction of sp³-hybridized carbons (Fsp3) is 0.250. The van der Waals surface area contributed by atoms with E-state index in [0.29, 0.717) is 29.0 Å². The van der Waals surface area contributed by atoms with Crippen LogP contribution in [0.1, 0.15) is 46.9 Å². The lowest BCUT2D eigenvalue weighted by Crippen LogP contribution is -2.41. The molecular formula is C20H23N3O4. The molecule has 0 spiro atoms. The average Bonchev–Trinajstić information content (AvgIpc) is 2.70. The summed E-state index contributed by atoms with van der Waals surface area (Å²) < 4.78 is 5.03. The highest BCUT2D eigenvalue weighted by atomic mass is 16.5. The van der Waals surface area contributed by atoms with E-state index in [2.05, 4.69) is 16.2 Å². The van der Waals surface area contributed by atoms with Gasteiger partial charge in [-0.1, -0.05) is 13.3 Å². The van der Waals surface area contributed by atoms with Crippen LogP contribution in [0.25, 0.3) is 0 Å². The molecule has 0 bridgehead atoms. The number of unbranched alkanes of at least 4 members (excludes halogenated alkanes) is 1. The zero-order valence-electron chi connectivity index (χ0n) is 15.4. The SMILES string of the molecule is CCCCC(=O)Nc1ccc(C(=O)NNC(=O)c2ccc(OC)cc2)cc1. The maximum absolute atomic E-state index is 12.1. The molecule has 0 aliphatic heterocycles. The Kier molecular flexibility index (Phi) is 7.37. The van der Waals surface area contributed by atoms with Crippen LogP contribution < -0.4 is 20.9 Å². The normalized spacial score (nSPS) is 10.0. The van der Waals surface area contributed by atoms with E-state index < -0.39 is 11.8 Å². The van der Waals surface area contributed by atoms with E-state index in [9.17, 15) is 14.4 Å². The van der Waals surface area contributed by atoms with Crippen LogP contribution in [0.5, 0.6) is 5.75 Å². The van der Waals surface area contributed by atoms with E-state index >= 15 is 0 Å². The minimum Gasteiger partial charge on any atom is -0.497 e. The van der Waals surface area contributed by atoms with Crippen LogP contribution in [0.15, 0.2) is 48.5 Å². The second kappa shape index (κ2) is 9.96. The van der Waals surface area contributed by atoms with Crippen molar-refractivity contribution < 1.29 is 19.1 Å². The molecule has 0 saturated carbocycles. The van der Waals surface area contributed by atoms with Crippen LogP contribution in [0.2, 0.25) is 0 Å². The molecule has 0 radical (unpaired) electrons. The van der Waals surface area contributed by atoms with Crippen LogP contribution in [-0.4, -0.2) is 24.8 Å². The van der Waals surface area contributed by atoms with Crippen molar-refractivity contribution in [3.05, 3.63) is 59.7 Å². The van der Waals surface area contributed by atoms with Crippen LogP contribution in [0, 0.1) is 0 Å². The summed E-state index contributed by atoms with van der Waals surface area (Å²) in [5.74, 6) is -0.315. The molecule has 142 valence electrons. The number of hydrazine groups is 1. The van der Waals surface area contributed by atoms with Crippen molar-refractivity contribution in [2.45, 2.75) is 26.2 Å². The molecule has 2 aromatic rings. The van der Waals surface area contributed by atoms with Crippen molar-refractivity contribution >= 4 is 23.4 Å². The molecule has 2 aromatic carbocycles. The van der Waals surface area contributed by atoms with Crippen molar-refractivity contribution in [1.82, 2.24) is 10.9 Å². The third kappa shape index (κ3) is 6.14. The Bertz CT molecular complexity index is 786. The summed E-state index contributed by atoms with van der Waals surface area (Å²) in [6.45, 7) is 2.02. The van der Waals surface area contributed by atoms with Crippen LogP contribution in [0.3, 0.4) is 0 Å². The predicted octanol–water partition coefficient (Wildman–Crippen LogP) is 2.90. The molecule has 0 saturated heterocycles. The Morgan fingerprint density at radius 1 is 0.852 bits per heavy atom. The third-order valence-corrected chi connectivity index (χ3v) is 3.83. The fourth-order valence-corrected chi connectivity index (χ4v) is 2.27. The second-order valence-corrected chi connectivity index (χ2v) is 5.87. The van der Waals surface area contributed by atoms with E-state index in [1.165, 1.54) is 7.11 Å². The molecule has 0 aromatic heterocycles. The first kappa shape index (κ1) is 20.0. The van der Waals surface area contributed by atoms with E-state index in [-0.39, 0.29) is 5.91 Å². The van der Waals surface area contributed by atoms with Crippen LogP contribution >= 0.6 is 0 Å². The van der Waals surface area contributed by atoms with Crippen molar-refractivity contribution in [2.24, 2.45) is 0 Å². The van der Waals surface area contributed by atoms with Gasteiger partial charge in [0.25, 0.3) is 11.8 Å². The number of amides is 3. The molecule has 0 aliphatic carbocycles. The Labute approximate surface area is 158 Å². The molecule has 27 heavy (non-hydrogen) atoms. The summed E-state index contributed by atoms with van der Waals surface area (Å²) in [5.41, 5.74) is 6.08. The molecule has 0 aliphatic rings. The second-order valence-electron chi connectivity index (χ2n) is 5.87. The number of anilines is 1. The quantitative estimate of drug-likeness (QED) is 0.654.